The van der Waals surface area contributed by atoms with Crippen LogP contribution in [0.3, 0.4) is 0 Å². The summed E-state index contributed by atoms with van der Waals surface area (Å²) in [5.41, 5.74) is 1.68. The number of hydrogen-bond donors (Lipinski definition) is 1. The van der Waals surface area contributed by atoms with Gasteiger partial charge in [0.15, 0.2) is 5.16 Å². The molecule has 1 N–H and O–H groups in total. The molecule has 2 heterocycles. The van der Waals surface area contributed by atoms with Crippen molar-refractivity contribution in [3.63, 3.8) is 0 Å². The van der Waals surface area contributed by atoms with Gasteiger partial charge in [-0.15, -0.1) is 0 Å². The first kappa shape index (κ1) is 16.0. The predicted octanol–water partition coefficient (Wildman–Crippen LogP) is 3.86. The Hall–Kier alpha value is -1.89. The van der Waals surface area contributed by atoms with Crippen LogP contribution in [0, 0.1) is 0 Å². The summed E-state index contributed by atoms with van der Waals surface area (Å²) in [6, 6.07) is 9.18. The van der Waals surface area contributed by atoms with Gasteiger partial charge in [0, 0.05) is 47.8 Å². The van der Waals surface area contributed by atoms with Gasteiger partial charge >= 0.3 is 0 Å². The molecule has 0 aliphatic carbocycles. The Balaban J connectivity index is 1.91. The van der Waals surface area contributed by atoms with Crippen LogP contribution >= 0.6 is 23.4 Å². The largest absolute Gasteiger partial charge is 0.436 e. The Bertz CT molecular complexity index is 763. The Morgan fingerprint density at radius 1 is 1.13 bits per heavy atom. The molecule has 0 radical (unpaired) electrons. The van der Waals surface area contributed by atoms with E-state index in [9.17, 15) is 0 Å². The fourth-order valence-corrected chi connectivity index (χ4v) is 2.82. The molecule has 0 amide bonds. The van der Waals surface area contributed by atoms with Crippen LogP contribution in [0.2, 0.25) is 5.02 Å². The standard InChI is InChI=1S/C16H14ClN3O2S/c17-12-6-4-11(5-7-12)14-13(3-1-10-21)22-16(20-14)23-15-18-8-2-9-19-15/h2,4-9,21H,1,3,10H2. The zero-order valence-corrected chi connectivity index (χ0v) is 13.7. The lowest BCUT2D eigenvalue weighted by atomic mass is 10.1. The van der Waals surface area contributed by atoms with Gasteiger partial charge in [0.05, 0.1) is 0 Å². The maximum atomic E-state index is 9.06. The van der Waals surface area contributed by atoms with Crippen molar-refractivity contribution < 1.29 is 9.52 Å². The molecule has 0 spiro atoms. The third-order valence-electron chi connectivity index (χ3n) is 3.08. The number of benzene rings is 1. The van der Waals surface area contributed by atoms with Crippen LogP contribution in [0.15, 0.2) is 57.5 Å². The van der Waals surface area contributed by atoms with Gasteiger partial charge in [-0.25, -0.2) is 15.0 Å². The molecule has 5 nitrogen and oxygen atoms in total. The SMILES string of the molecule is OCCCc1oc(Sc2ncccn2)nc1-c1ccc(Cl)cc1. The zero-order valence-electron chi connectivity index (χ0n) is 12.1. The number of aliphatic hydroxyl groups excluding tert-OH is 1. The lowest BCUT2D eigenvalue weighted by Crippen LogP contribution is -1.90. The summed E-state index contributed by atoms with van der Waals surface area (Å²) in [7, 11) is 0. The molecular formula is C16H14ClN3O2S. The minimum absolute atomic E-state index is 0.102. The first-order valence-corrected chi connectivity index (χ1v) is 8.27. The summed E-state index contributed by atoms with van der Waals surface area (Å²) in [6.07, 6.45) is 4.56. The third-order valence-corrected chi connectivity index (χ3v) is 4.07. The number of aromatic nitrogens is 3. The van der Waals surface area contributed by atoms with Crippen molar-refractivity contribution in [3.05, 3.63) is 53.5 Å². The Morgan fingerprint density at radius 3 is 2.57 bits per heavy atom. The van der Waals surface area contributed by atoms with Gasteiger partial charge in [0.1, 0.15) is 11.5 Å². The van der Waals surface area contributed by atoms with E-state index in [0.717, 1.165) is 17.0 Å². The van der Waals surface area contributed by atoms with Crippen LogP contribution in [0.25, 0.3) is 11.3 Å². The Labute approximate surface area is 142 Å². The highest BCUT2D eigenvalue weighted by Gasteiger charge is 2.16. The zero-order chi connectivity index (χ0) is 16.1. The number of halogens is 1. The average molecular weight is 348 g/mol. The first-order valence-electron chi connectivity index (χ1n) is 7.07. The van der Waals surface area contributed by atoms with E-state index >= 15 is 0 Å². The molecule has 0 saturated heterocycles. The summed E-state index contributed by atoms with van der Waals surface area (Å²) in [4.78, 5) is 12.9. The monoisotopic (exact) mass is 347 g/mol. The van der Waals surface area contributed by atoms with E-state index in [0.29, 0.717) is 28.2 Å². The fourth-order valence-electron chi connectivity index (χ4n) is 2.03. The van der Waals surface area contributed by atoms with Gasteiger partial charge in [-0.2, -0.15) is 0 Å². The van der Waals surface area contributed by atoms with Crippen molar-refractivity contribution >= 4 is 23.4 Å². The topological polar surface area (TPSA) is 72.0 Å². The van der Waals surface area contributed by atoms with Crippen LogP contribution in [-0.4, -0.2) is 26.7 Å². The van der Waals surface area contributed by atoms with Gasteiger partial charge in [0.25, 0.3) is 5.22 Å². The quantitative estimate of drug-likeness (QED) is 0.682. The minimum atomic E-state index is 0.102. The van der Waals surface area contributed by atoms with Crippen molar-refractivity contribution in [3.8, 4) is 11.3 Å². The second kappa shape index (κ2) is 7.59. The Kier molecular flexibility index (Phi) is 5.27. The van der Waals surface area contributed by atoms with Crippen molar-refractivity contribution in [1.82, 2.24) is 15.0 Å². The molecule has 3 aromatic rings. The van der Waals surface area contributed by atoms with E-state index in [4.69, 9.17) is 21.1 Å². The second-order valence-corrected chi connectivity index (χ2v) is 6.07. The maximum Gasteiger partial charge on any atom is 0.264 e. The molecule has 0 saturated carbocycles. The number of rotatable bonds is 6. The van der Waals surface area contributed by atoms with E-state index in [1.165, 1.54) is 11.8 Å². The Morgan fingerprint density at radius 2 is 1.87 bits per heavy atom. The molecular weight excluding hydrogens is 334 g/mol. The first-order chi connectivity index (χ1) is 11.3. The molecule has 0 fully saturated rings. The van der Waals surface area contributed by atoms with Crippen LogP contribution in [0.5, 0.6) is 0 Å². The van der Waals surface area contributed by atoms with E-state index in [-0.39, 0.29) is 6.61 Å². The summed E-state index contributed by atoms with van der Waals surface area (Å²) in [6.45, 7) is 0.102. The molecule has 0 atom stereocenters. The number of aliphatic hydroxyl groups is 1. The molecule has 0 bridgehead atoms. The predicted molar refractivity (Wildman–Crippen MR) is 88.5 cm³/mol. The molecule has 0 unspecified atom stereocenters. The van der Waals surface area contributed by atoms with Gasteiger partial charge in [-0.1, -0.05) is 23.7 Å². The van der Waals surface area contributed by atoms with Crippen molar-refractivity contribution in [2.24, 2.45) is 0 Å². The van der Waals surface area contributed by atoms with Gasteiger partial charge in [-0.3, -0.25) is 0 Å². The summed E-state index contributed by atoms with van der Waals surface area (Å²) in [5, 5.41) is 10.8. The number of nitrogens with zero attached hydrogens (tertiary/aromatic N) is 3. The van der Waals surface area contributed by atoms with E-state index in [1.54, 1.807) is 18.5 Å². The van der Waals surface area contributed by atoms with Gasteiger partial charge in [0.2, 0.25) is 0 Å². The fraction of sp³-hybridized carbons (Fsp3) is 0.188. The third kappa shape index (κ3) is 4.10. The van der Waals surface area contributed by atoms with Gasteiger partial charge < -0.3 is 9.52 Å². The summed E-state index contributed by atoms with van der Waals surface area (Å²) < 4.78 is 5.83. The van der Waals surface area contributed by atoms with E-state index in [1.807, 2.05) is 24.3 Å². The molecule has 118 valence electrons. The van der Waals surface area contributed by atoms with Crippen LogP contribution in [0.1, 0.15) is 12.2 Å². The van der Waals surface area contributed by atoms with Gasteiger partial charge in [-0.05, 0) is 24.6 Å². The lowest BCUT2D eigenvalue weighted by molar-refractivity contribution is 0.282. The molecule has 23 heavy (non-hydrogen) atoms. The van der Waals surface area contributed by atoms with Crippen molar-refractivity contribution in [2.45, 2.75) is 23.2 Å². The molecule has 0 aliphatic rings. The summed E-state index contributed by atoms with van der Waals surface area (Å²) >= 11 is 7.20. The second-order valence-electron chi connectivity index (χ2n) is 4.72. The highest BCUT2D eigenvalue weighted by Crippen LogP contribution is 2.32. The average Bonchev–Trinajstić information content (AvgIpc) is 2.97. The highest BCUT2D eigenvalue weighted by atomic mass is 35.5. The number of aryl methyl sites for hydroxylation is 1. The molecule has 7 heteroatoms. The molecule has 0 aliphatic heterocycles. The highest BCUT2D eigenvalue weighted by molar-refractivity contribution is 7.98. The van der Waals surface area contributed by atoms with Crippen LogP contribution < -0.4 is 0 Å². The maximum absolute atomic E-state index is 9.06. The minimum Gasteiger partial charge on any atom is -0.436 e. The van der Waals surface area contributed by atoms with Crippen molar-refractivity contribution in [2.75, 3.05) is 6.61 Å². The van der Waals surface area contributed by atoms with E-state index < -0.39 is 0 Å². The summed E-state index contributed by atoms with van der Waals surface area (Å²) in [5.74, 6) is 0.736. The molecule has 2 aromatic heterocycles. The normalized spacial score (nSPS) is 10.9. The van der Waals surface area contributed by atoms with E-state index in [2.05, 4.69) is 15.0 Å². The van der Waals surface area contributed by atoms with Crippen LogP contribution in [0.4, 0.5) is 0 Å². The number of hydrogen-bond acceptors (Lipinski definition) is 6. The van der Waals surface area contributed by atoms with Crippen LogP contribution in [-0.2, 0) is 6.42 Å². The van der Waals surface area contributed by atoms with Crippen molar-refractivity contribution in [1.29, 1.82) is 0 Å². The number of oxazole rings is 1. The molecule has 1 aromatic carbocycles. The lowest BCUT2D eigenvalue weighted by Gasteiger charge is -2.00. The smallest absolute Gasteiger partial charge is 0.264 e. The molecule has 3 rings (SSSR count).